The summed E-state index contributed by atoms with van der Waals surface area (Å²) in [5.41, 5.74) is 2.96. The highest BCUT2D eigenvalue weighted by Gasteiger charge is 2.45. The molecule has 1 saturated carbocycles. The Morgan fingerprint density at radius 2 is 1.97 bits per heavy atom. The lowest BCUT2D eigenvalue weighted by Crippen LogP contribution is -2.65. The normalized spacial score (nSPS) is 36.8. The maximum atomic E-state index is 13.0. The number of hydroxylamine groups is 1. The first-order valence-corrected chi connectivity index (χ1v) is 10.2. The molecule has 0 aromatic rings. The lowest BCUT2D eigenvalue weighted by Gasteiger charge is -2.46. The van der Waals surface area contributed by atoms with Crippen LogP contribution < -0.4 is 5.48 Å². The average Bonchev–Trinajstić information content (AvgIpc) is 3.17. The molecule has 0 radical (unpaired) electrons. The summed E-state index contributed by atoms with van der Waals surface area (Å²) in [5, 5.41) is 9.13. The van der Waals surface area contributed by atoms with Gasteiger partial charge in [-0.2, -0.15) is 10.7 Å². The first-order chi connectivity index (χ1) is 13.8. The smallest absolute Gasteiger partial charge is 0.312 e. The zero-order chi connectivity index (χ0) is 20.6. The van der Waals surface area contributed by atoms with Crippen molar-refractivity contribution in [3.8, 4) is 6.19 Å². The van der Waals surface area contributed by atoms with E-state index in [0.29, 0.717) is 51.9 Å². The van der Waals surface area contributed by atoms with Gasteiger partial charge in [0.1, 0.15) is 6.04 Å². The Morgan fingerprint density at radius 3 is 2.72 bits per heavy atom. The molecule has 1 aliphatic carbocycles. The summed E-state index contributed by atoms with van der Waals surface area (Å²) in [5.74, 6) is -0.0353. The van der Waals surface area contributed by atoms with Gasteiger partial charge in [0.15, 0.2) is 12.4 Å². The molecule has 0 aromatic heterocycles. The standard InChI is InChI=1S/C18H26F3N5O3/c19-18(20,21)28-13-3-1-2-12(8-13)14-9-16(29-23-14)26-7-6-25-5-4-24(11-22)10-15(25)17(26)27/h12-16,23H,1-10H2/t12?,13?,14?,15-,16?/m1/s1. The first kappa shape index (κ1) is 20.7. The number of hydrogen-bond acceptors (Lipinski definition) is 7. The molecule has 4 unspecified atom stereocenters. The summed E-state index contributed by atoms with van der Waals surface area (Å²) in [6.45, 7) is 2.98. The van der Waals surface area contributed by atoms with E-state index in [0.717, 1.165) is 13.0 Å². The molecule has 4 rings (SSSR count). The molecule has 29 heavy (non-hydrogen) atoms. The number of nitrogens with zero attached hydrogens (tertiary/aromatic N) is 4. The fraction of sp³-hybridized carbons (Fsp3) is 0.889. The number of nitrogens with one attached hydrogen (secondary N) is 1. The van der Waals surface area contributed by atoms with Crippen LogP contribution in [0.4, 0.5) is 13.2 Å². The van der Waals surface area contributed by atoms with Crippen LogP contribution in [-0.2, 0) is 14.4 Å². The second-order valence-electron chi connectivity index (χ2n) is 8.27. The molecule has 8 nitrogen and oxygen atoms in total. The van der Waals surface area contributed by atoms with Crippen molar-refractivity contribution in [1.29, 1.82) is 5.26 Å². The van der Waals surface area contributed by atoms with Crippen molar-refractivity contribution < 1.29 is 27.5 Å². The first-order valence-electron chi connectivity index (χ1n) is 10.2. The van der Waals surface area contributed by atoms with Crippen molar-refractivity contribution in [1.82, 2.24) is 20.2 Å². The monoisotopic (exact) mass is 417 g/mol. The molecule has 1 N–H and O–H groups in total. The van der Waals surface area contributed by atoms with Crippen molar-refractivity contribution in [2.24, 2.45) is 5.92 Å². The number of rotatable bonds is 3. The third-order valence-corrected chi connectivity index (χ3v) is 6.52. The van der Waals surface area contributed by atoms with Crippen LogP contribution in [0.15, 0.2) is 0 Å². The van der Waals surface area contributed by atoms with E-state index in [2.05, 4.69) is 21.3 Å². The molecule has 3 heterocycles. The molecule has 11 heteroatoms. The van der Waals surface area contributed by atoms with Gasteiger partial charge < -0.3 is 9.80 Å². The zero-order valence-corrected chi connectivity index (χ0v) is 16.1. The quantitative estimate of drug-likeness (QED) is 0.687. The summed E-state index contributed by atoms with van der Waals surface area (Å²) < 4.78 is 41.9. The van der Waals surface area contributed by atoms with Gasteiger partial charge in [-0.1, -0.05) is 6.42 Å². The number of piperazine rings is 2. The Balaban J connectivity index is 1.34. The minimum Gasteiger partial charge on any atom is -0.312 e. The van der Waals surface area contributed by atoms with E-state index < -0.39 is 18.7 Å². The number of carbonyl (C=O) groups is 1. The van der Waals surface area contributed by atoms with Gasteiger partial charge in [-0.25, -0.2) is 0 Å². The van der Waals surface area contributed by atoms with E-state index in [1.54, 1.807) is 9.80 Å². The molecule has 3 saturated heterocycles. The summed E-state index contributed by atoms with van der Waals surface area (Å²) in [7, 11) is 0. The van der Waals surface area contributed by atoms with Gasteiger partial charge in [-0.15, -0.1) is 13.2 Å². The van der Waals surface area contributed by atoms with Crippen molar-refractivity contribution in [2.45, 2.75) is 62.9 Å². The lowest BCUT2D eigenvalue weighted by atomic mass is 9.81. The summed E-state index contributed by atoms with van der Waals surface area (Å²) >= 11 is 0. The van der Waals surface area contributed by atoms with Crippen LogP contribution in [0.2, 0.25) is 0 Å². The third-order valence-electron chi connectivity index (χ3n) is 6.52. The second-order valence-corrected chi connectivity index (χ2v) is 8.27. The van der Waals surface area contributed by atoms with E-state index in [1.165, 1.54) is 0 Å². The lowest BCUT2D eigenvalue weighted by molar-refractivity contribution is -0.346. The van der Waals surface area contributed by atoms with Gasteiger partial charge in [-0.05, 0) is 25.2 Å². The molecule has 0 bridgehead atoms. The second kappa shape index (κ2) is 8.26. The number of ether oxygens (including phenoxy) is 1. The van der Waals surface area contributed by atoms with Gasteiger partial charge in [0.05, 0.1) is 12.6 Å². The fourth-order valence-electron chi connectivity index (χ4n) is 5.04. The van der Waals surface area contributed by atoms with E-state index in [4.69, 9.17) is 10.1 Å². The summed E-state index contributed by atoms with van der Waals surface area (Å²) in [6, 6.07) is -0.452. The van der Waals surface area contributed by atoms with Gasteiger partial charge in [0, 0.05) is 38.6 Å². The number of alkyl halides is 3. The van der Waals surface area contributed by atoms with Gasteiger partial charge >= 0.3 is 6.36 Å². The Bertz CT molecular complexity index is 658. The van der Waals surface area contributed by atoms with E-state index in [1.807, 2.05) is 0 Å². The molecule has 0 spiro atoms. The molecule has 0 aromatic carbocycles. The molecule has 1 amide bonds. The minimum absolute atomic E-state index is 0.0150. The third kappa shape index (κ3) is 4.60. The number of hydrogen-bond donors (Lipinski definition) is 1. The maximum Gasteiger partial charge on any atom is 0.522 e. The van der Waals surface area contributed by atoms with Crippen LogP contribution in [-0.4, -0.2) is 84.1 Å². The summed E-state index contributed by atoms with van der Waals surface area (Å²) in [4.78, 5) is 24.1. The predicted molar refractivity (Wildman–Crippen MR) is 93.6 cm³/mol. The number of halogens is 3. The highest BCUT2D eigenvalue weighted by molar-refractivity contribution is 5.83. The fourth-order valence-corrected chi connectivity index (χ4v) is 5.04. The molecular weight excluding hydrogens is 391 g/mol. The van der Waals surface area contributed by atoms with Gasteiger partial charge in [0.25, 0.3) is 0 Å². The topological polar surface area (TPSA) is 81.1 Å². The SMILES string of the molecule is N#CN1CCN2CCN(C3CC(C4CCCC(OC(F)(F)F)C4)NO3)C(=O)[C@H]2C1. The van der Waals surface area contributed by atoms with Crippen molar-refractivity contribution in [3.63, 3.8) is 0 Å². The Hall–Kier alpha value is -1.61. The van der Waals surface area contributed by atoms with Crippen LogP contribution in [0.3, 0.4) is 0 Å². The van der Waals surface area contributed by atoms with Crippen LogP contribution in [0.5, 0.6) is 0 Å². The van der Waals surface area contributed by atoms with E-state index in [-0.39, 0.29) is 23.9 Å². The van der Waals surface area contributed by atoms with E-state index in [9.17, 15) is 18.0 Å². The Morgan fingerprint density at radius 1 is 1.17 bits per heavy atom. The molecule has 4 fully saturated rings. The number of amides is 1. The average molecular weight is 417 g/mol. The van der Waals surface area contributed by atoms with E-state index >= 15 is 0 Å². The van der Waals surface area contributed by atoms with Crippen LogP contribution in [0.25, 0.3) is 0 Å². The van der Waals surface area contributed by atoms with Crippen LogP contribution in [0.1, 0.15) is 32.1 Å². The largest absolute Gasteiger partial charge is 0.522 e. The van der Waals surface area contributed by atoms with Crippen molar-refractivity contribution in [2.75, 3.05) is 32.7 Å². The summed E-state index contributed by atoms with van der Waals surface area (Å²) in [6.07, 6.45) is -0.983. The highest BCUT2D eigenvalue weighted by atomic mass is 19.4. The maximum absolute atomic E-state index is 13.0. The molecule has 4 aliphatic rings. The molecule has 162 valence electrons. The van der Waals surface area contributed by atoms with Crippen LogP contribution in [0, 0.1) is 17.4 Å². The number of carbonyl (C=O) groups excluding carboxylic acids is 1. The molecular formula is C18H26F3N5O3. The highest BCUT2D eigenvalue weighted by Crippen LogP contribution is 2.36. The number of nitriles is 1. The van der Waals surface area contributed by atoms with Gasteiger partial charge in [0.2, 0.25) is 5.91 Å². The van der Waals surface area contributed by atoms with Crippen molar-refractivity contribution in [3.05, 3.63) is 0 Å². The van der Waals surface area contributed by atoms with Gasteiger partial charge in [-0.3, -0.25) is 19.3 Å². The molecule has 3 aliphatic heterocycles. The minimum atomic E-state index is -4.61. The Kier molecular flexibility index (Phi) is 5.88. The van der Waals surface area contributed by atoms with Crippen molar-refractivity contribution >= 4 is 5.91 Å². The molecule has 5 atom stereocenters. The predicted octanol–water partition coefficient (Wildman–Crippen LogP) is 1.01. The van der Waals surface area contributed by atoms with Crippen LogP contribution >= 0.6 is 0 Å². The zero-order valence-electron chi connectivity index (χ0n) is 16.1. The Labute approximate surface area is 167 Å². The number of fused-ring (bicyclic) bond motifs is 1.